The number of pyridine rings is 1. The Morgan fingerprint density at radius 1 is 1.44 bits per heavy atom. The Morgan fingerprint density at radius 3 is 2.88 bits per heavy atom. The number of thiazole rings is 1. The maximum atomic E-state index is 12.4. The lowest BCUT2D eigenvalue weighted by molar-refractivity contribution is -0.122. The Bertz CT molecular complexity index is 774. The van der Waals surface area contributed by atoms with Crippen molar-refractivity contribution in [3.05, 3.63) is 45.3 Å². The average molecular weight is 365 g/mol. The number of carbonyl (C=O) groups is 2. The van der Waals surface area contributed by atoms with Crippen LogP contribution in [0.25, 0.3) is 0 Å². The number of ketones is 1. The Hall–Kier alpha value is -2.56. The van der Waals surface area contributed by atoms with Crippen molar-refractivity contribution in [2.45, 2.75) is 25.4 Å². The summed E-state index contributed by atoms with van der Waals surface area (Å²) < 4.78 is 1.13. The lowest BCUT2D eigenvalue weighted by Crippen LogP contribution is -2.43. The number of hydrogen-bond donors (Lipinski definition) is 4. The van der Waals surface area contributed by atoms with E-state index in [-0.39, 0.29) is 18.0 Å². The van der Waals surface area contributed by atoms with E-state index >= 15 is 0 Å². The molecule has 0 aliphatic carbocycles. The summed E-state index contributed by atoms with van der Waals surface area (Å²) >= 11 is 1.20. The normalized spacial score (nSPS) is 11.8. The second-order valence-electron chi connectivity index (χ2n) is 5.22. The number of hydrogen-bond acceptors (Lipinski definition) is 8. The molecule has 0 radical (unpaired) electrons. The maximum Gasteiger partial charge on any atom is 0.276 e. The van der Waals surface area contributed by atoms with Gasteiger partial charge in [-0.25, -0.2) is 4.98 Å². The first-order valence-corrected chi connectivity index (χ1v) is 8.47. The van der Waals surface area contributed by atoms with Gasteiger partial charge in [0.15, 0.2) is 5.01 Å². The molecule has 0 fully saturated rings. The molecule has 1 amide bonds. The molecule has 9 nitrogen and oxygen atoms in total. The molecule has 5 N–H and O–H groups in total. The molecule has 25 heavy (non-hydrogen) atoms. The Kier molecular flexibility index (Phi) is 6.81. The number of aromatic nitrogens is 2. The van der Waals surface area contributed by atoms with E-state index in [1.54, 1.807) is 10.9 Å². The van der Waals surface area contributed by atoms with Crippen molar-refractivity contribution in [3.63, 3.8) is 0 Å². The van der Waals surface area contributed by atoms with E-state index in [1.165, 1.54) is 35.9 Å². The minimum Gasteiger partial charge on any atom is -0.344 e. The molecule has 0 aliphatic rings. The molecule has 2 aromatic rings. The summed E-state index contributed by atoms with van der Waals surface area (Å²) in [6, 6.07) is 2.14. The van der Waals surface area contributed by atoms with Crippen molar-refractivity contribution < 1.29 is 14.8 Å². The standard InChI is InChI=1S/C15H19N5O4S/c16-5-1-3-10(13(22)14-17-6-8-25-14)18-12(21)9-20-7-2-4-11(19-24)15(20)23/h2,4,6-8,10,19,24H,1,3,5,9,16H2,(H,18,21)/t10-/m0/s1. The molecule has 2 aromatic heterocycles. The first-order chi connectivity index (χ1) is 12.1. The number of amides is 1. The minimum absolute atomic E-state index is 0.0474. The highest BCUT2D eigenvalue weighted by Gasteiger charge is 2.23. The van der Waals surface area contributed by atoms with Crippen LogP contribution in [0, 0.1) is 0 Å². The van der Waals surface area contributed by atoms with Crippen LogP contribution in [0.1, 0.15) is 22.6 Å². The largest absolute Gasteiger partial charge is 0.344 e. The predicted octanol–water partition coefficient (Wildman–Crippen LogP) is 0.212. The lowest BCUT2D eigenvalue weighted by atomic mass is 10.1. The van der Waals surface area contributed by atoms with E-state index in [9.17, 15) is 14.4 Å². The molecular formula is C15H19N5O4S. The van der Waals surface area contributed by atoms with E-state index in [1.807, 2.05) is 0 Å². The van der Waals surface area contributed by atoms with E-state index in [2.05, 4.69) is 10.3 Å². The summed E-state index contributed by atoms with van der Waals surface area (Å²) in [5, 5.41) is 13.5. The minimum atomic E-state index is -0.753. The second kappa shape index (κ2) is 9.06. The molecule has 0 aliphatic heterocycles. The molecule has 2 rings (SSSR count). The number of nitrogens with zero attached hydrogens (tertiary/aromatic N) is 2. The molecule has 10 heteroatoms. The van der Waals surface area contributed by atoms with Crippen LogP contribution < -0.4 is 22.1 Å². The van der Waals surface area contributed by atoms with Gasteiger partial charge < -0.3 is 15.6 Å². The zero-order valence-electron chi connectivity index (χ0n) is 13.3. The topological polar surface area (TPSA) is 139 Å². The van der Waals surface area contributed by atoms with E-state index < -0.39 is 17.5 Å². The molecule has 2 heterocycles. The van der Waals surface area contributed by atoms with Crippen LogP contribution in [0.4, 0.5) is 5.69 Å². The van der Waals surface area contributed by atoms with Crippen molar-refractivity contribution in [2.75, 3.05) is 12.0 Å². The highest BCUT2D eigenvalue weighted by molar-refractivity contribution is 7.11. The van der Waals surface area contributed by atoms with Crippen LogP contribution in [-0.2, 0) is 11.3 Å². The summed E-state index contributed by atoms with van der Waals surface area (Å²) in [7, 11) is 0. The van der Waals surface area contributed by atoms with Gasteiger partial charge >= 0.3 is 0 Å². The number of rotatable bonds is 9. The van der Waals surface area contributed by atoms with Crippen molar-refractivity contribution in [2.24, 2.45) is 5.73 Å². The van der Waals surface area contributed by atoms with Crippen molar-refractivity contribution in [3.8, 4) is 0 Å². The van der Waals surface area contributed by atoms with Gasteiger partial charge in [-0.1, -0.05) is 0 Å². The van der Waals surface area contributed by atoms with Crippen LogP contribution in [0.15, 0.2) is 34.7 Å². The SMILES string of the molecule is NCCC[C@H](NC(=O)Cn1cccc(NO)c1=O)C(=O)c1nccs1. The second-order valence-corrected chi connectivity index (χ2v) is 6.11. The Morgan fingerprint density at radius 2 is 2.24 bits per heavy atom. The number of carbonyl (C=O) groups excluding carboxylic acids is 2. The van der Waals surface area contributed by atoms with Crippen LogP contribution in [0.3, 0.4) is 0 Å². The van der Waals surface area contributed by atoms with Gasteiger partial charge in [0.2, 0.25) is 11.7 Å². The zero-order valence-corrected chi connectivity index (χ0v) is 14.2. The van der Waals surface area contributed by atoms with Crippen LogP contribution in [-0.4, -0.2) is 39.0 Å². The van der Waals surface area contributed by atoms with Crippen LogP contribution >= 0.6 is 11.3 Å². The summed E-state index contributed by atoms with van der Waals surface area (Å²) in [6.07, 6.45) is 3.88. The third-order valence-electron chi connectivity index (χ3n) is 3.45. The molecule has 1 atom stereocenters. The summed E-state index contributed by atoms with van der Waals surface area (Å²) in [5.74, 6) is -0.779. The summed E-state index contributed by atoms with van der Waals surface area (Å²) in [5.41, 5.74) is 6.66. The lowest BCUT2D eigenvalue weighted by Gasteiger charge is -2.17. The number of Topliss-reactive ketones (excluding diaryl/α,β-unsaturated/α-hetero) is 1. The fourth-order valence-electron chi connectivity index (χ4n) is 2.23. The molecule has 0 saturated heterocycles. The molecule has 0 unspecified atom stereocenters. The van der Waals surface area contributed by atoms with Crippen LogP contribution in [0.5, 0.6) is 0 Å². The Labute approximate surface area is 147 Å². The fraction of sp³-hybridized carbons (Fsp3) is 0.333. The molecule has 0 spiro atoms. The molecule has 0 saturated carbocycles. The highest BCUT2D eigenvalue weighted by Crippen LogP contribution is 2.11. The van der Waals surface area contributed by atoms with Crippen molar-refractivity contribution >= 4 is 28.7 Å². The first kappa shape index (κ1) is 18.8. The van der Waals surface area contributed by atoms with Crippen molar-refractivity contribution in [1.29, 1.82) is 0 Å². The average Bonchev–Trinajstić information content (AvgIpc) is 3.14. The van der Waals surface area contributed by atoms with Crippen LogP contribution in [0.2, 0.25) is 0 Å². The fourth-order valence-corrected chi connectivity index (χ4v) is 2.86. The highest BCUT2D eigenvalue weighted by atomic mass is 32.1. The molecule has 134 valence electrons. The molecule has 0 bridgehead atoms. The molecular weight excluding hydrogens is 346 g/mol. The first-order valence-electron chi connectivity index (χ1n) is 7.59. The van der Waals surface area contributed by atoms with Gasteiger partial charge in [-0.2, -0.15) is 0 Å². The zero-order chi connectivity index (χ0) is 18.2. The smallest absolute Gasteiger partial charge is 0.276 e. The van der Waals surface area contributed by atoms with Gasteiger partial charge in [0, 0.05) is 17.8 Å². The van der Waals surface area contributed by atoms with E-state index in [4.69, 9.17) is 10.9 Å². The number of anilines is 1. The quantitative estimate of drug-likeness (QED) is 0.368. The Balaban J connectivity index is 2.09. The summed E-state index contributed by atoms with van der Waals surface area (Å²) in [4.78, 5) is 40.7. The van der Waals surface area contributed by atoms with Gasteiger partial charge in [0.25, 0.3) is 5.56 Å². The maximum absolute atomic E-state index is 12.4. The number of nitrogens with two attached hydrogens (primary N) is 1. The monoisotopic (exact) mass is 365 g/mol. The third kappa shape index (κ3) is 4.95. The van der Waals surface area contributed by atoms with E-state index in [0.29, 0.717) is 24.4 Å². The van der Waals surface area contributed by atoms with Gasteiger partial charge in [-0.05, 0) is 31.5 Å². The third-order valence-corrected chi connectivity index (χ3v) is 4.23. The predicted molar refractivity (Wildman–Crippen MR) is 92.8 cm³/mol. The van der Waals surface area contributed by atoms with Gasteiger partial charge in [0.05, 0.1) is 6.04 Å². The number of nitrogens with one attached hydrogen (secondary N) is 2. The molecule has 0 aromatic carbocycles. The van der Waals surface area contributed by atoms with E-state index in [0.717, 1.165) is 4.57 Å². The summed E-state index contributed by atoms with van der Waals surface area (Å²) in [6.45, 7) is 0.111. The van der Waals surface area contributed by atoms with Crippen molar-refractivity contribution in [1.82, 2.24) is 14.9 Å². The van der Waals surface area contributed by atoms with Gasteiger partial charge in [0.1, 0.15) is 12.2 Å². The van der Waals surface area contributed by atoms with Gasteiger partial charge in [-0.15, -0.1) is 11.3 Å². The van der Waals surface area contributed by atoms with Gasteiger partial charge in [-0.3, -0.25) is 25.1 Å².